The number of hydrogen-bond donors (Lipinski definition) is 0. The fourth-order valence-corrected chi connectivity index (χ4v) is 1.95. The summed E-state index contributed by atoms with van der Waals surface area (Å²) in [6.07, 6.45) is 0. The Labute approximate surface area is 69.1 Å². The molecule has 0 bridgehead atoms. The Morgan fingerprint density at radius 2 is 2.50 bits per heavy atom. The molecule has 0 fully saturated rings. The van der Waals surface area contributed by atoms with Gasteiger partial charge in [-0.15, -0.1) is 5.10 Å². The van der Waals surface area contributed by atoms with Gasteiger partial charge in [-0.1, -0.05) is 11.8 Å². The Balaban J connectivity index is 2.59. The first-order chi connectivity index (χ1) is 4.77. The van der Waals surface area contributed by atoms with Crippen LogP contribution in [0, 0.1) is 0 Å². The quantitative estimate of drug-likeness (QED) is 0.648. The van der Waals surface area contributed by atoms with Crippen molar-refractivity contribution in [3.05, 3.63) is 4.73 Å². The van der Waals surface area contributed by atoms with Gasteiger partial charge in [0.25, 0.3) is 5.91 Å². The molecule has 1 aromatic rings. The van der Waals surface area contributed by atoms with Crippen molar-refractivity contribution >= 4 is 33.6 Å². The molecule has 1 aliphatic rings. The van der Waals surface area contributed by atoms with Crippen molar-refractivity contribution < 1.29 is 4.79 Å². The highest BCUT2D eigenvalue weighted by molar-refractivity contribution is 9.10. The van der Waals surface area contributed by atoms with Gasteiger partial charge in [0.1, 0.15) is 0 Å². The molecule has 0 saturated carbocycles. The van der Waals surface area contributed by atoms with Crippen molar-refractivity contribution in [3.8, 4) is 0 Å². The van der Waals surface area contributed by atoms with Crippen LogP contribution in [-0.4, -0.2) is 26.4 Å². The van der Waals surface area contributed by atoms with E-state index < -0.39 is 0 Å². The van der Waals surface area contributed by atoms with Gasteiger partial charge in [-0.25, -0.2) is 0 Å². The number of carbonyl (C=O) groups excluding carboxylic acids is 1. The van der Waals surface area contributed by atoms with Crippen LogP contribution in [0.4, 0.5) is 0 Å². The van der Waals surface area contributed by atoms with E-state index in [0.717, 1.165) is 0 Å². The van der Waals surface area contributed by atoms with Gasteiger partial charge in [0.2, 0.25) is 4.73 Å². The van der Waals surface area contributed by atoms with E-state index in [1.165, 1.54) is 16.4 Å². The minimum absolute atomic E-state index is 0.00167. The monoisotopic (exact) mass is 219 g/mol. The van der Waals surface area contributed by atoms with Crippen molar-refractivity contribution in [2.75, 3.05) is 5.75 Å². The maximum absolute atomic E-state index is 10.9. The fourth-order valence-electron chi connectivity index (χ4n) is 0.717. The van der Waals surface area contributed by atoms with E-state index in [-0.39, 0.29) is 5.91 Å². The number of fused-ring (bicyclic) bond motifs is 1. The Morgan fingerprint density at radius 3 is 3.20 bits per heavy atom. The van der Waals surface area contributed by atoms with Gasteiger partial charge in [-0.2, -0.15) is 9.67 Å². The van der Waals surface area contributed by atoms with Crippen molar-refractivity contribution in [1.29, 1.82) is 0 Å². The van der Waals surface area contributed by atoms with E-state index in [9.17, 15) is 4.79 Å². The molecule has 52 valence electrons. The number of rotatable bonds is 0. The second-order valence-electron chi connectivity index (χ2n) is 1.76. The Morgan fingerprint density at radius 1 is 1.70 bits per heavy atom. The van der Waals surface area contributed by atoms with Crippen LogP contribution < -0.4 is 0 Å². The molecular weight excluding hydrogens is 218 g/mol. The topological polar surface area (TPSA) is 47.8 Å². The molecule has 0 unspecified atom stereocenters. The zero-order valence-corrected chi connectivity index (χ0v) is 7.15. The Kier molecular flexibility index (Phi) is 1.31. The highest BCUT2D eigenvalue weighted by atomic mass is 79.9. The van der Waals surface area contributed by atoms with Gasteiger partial charge in [-0.05, 0) is 15.9 Å². The molecule has 0 radical (unpaired) electrons. The molecule has 0 aromatic carbocycles. The van der Waals surface area contributed by atoms with Crippen LogP contribution in [0.3, 0.4) is 0 Å². The lowest BCUT2D eigenvalue weighted by atomic mass is 10.7. The summed E-state index contributed by atoms with van der Waals surface area (Å²) < 4.78 is 1.79. The first-order valence-corrected chi connectivity index (χ1v) is 4.34. The Hall–Kier alpha value is -0.360. The number of nitrogens with zero attached hydrogens (tertiary/aromatic N) is 3. The zero-order valence-electron chi connectivity index (χ0n) is 4.74. The molecule has 2 rings (SSSR count). The second kappa shape index (κ2) is 2.06. The maximum atomic E-state index is 10.9. The molecule has 10 heavy (non-hydrogen) atoms. The summed E-state index contributed by atoms with van der Waals surface area (Å²) >= 11 is 4.48. The third-order valence-electron chi connectivity index (χ3n) is 1.11. The van der Waals surface area contributed by atoms with E-state index in [2.05, 4.69) is 26.0 Å². The summed E-state index contributed by atoms with van der Waals surface area (Å²) in [5.41, 5.74) is 0. The lowest BCUT2D eigenvalue weighted by Crippen LogP contribution is -2.08. The summed E-state index contributed by atoms with van der Waals surface area (Å²) in [6.45, 7) is 0. The van der Waals surface area contributed by atoms with E-state index in [1.54, 1.807) is 0 Å². The average Bonchev–Trinajstić information content (AvgIpc) is 2.35. The molecule has 0 aliphatic carbocycles. The number of carbonyl (C=O) groups is 1. The molecule has 6 heteroatoms. The summed E-state index contributed by atoms with van der Waals surface area (Å²) in [5.74, 6) is 0.459. The average molecular weight is 220 g/mol. The van der Waals surface area contributed by atoms with E-state index in [4.69, 9.17) is 0 Å². The van der Waals surface area contributed by atoms with Gasteiger partial charge in [0, 0.05) is 0 Å². The fraction of sp³-hybridized carbons (Fsp3) is 0.250. The van der Waals surface area contributed by atoms with E-state index in [0.29, 0.717) is 15.6 Å². The van der Waals surface area contributed by atoms with Crippen molar-refractivity contribution in [2.45, 2.75) is 5.16 Å². The predicted molar refractivity (Wildman–Crippen MR) is 39.1 cm³/mol. The first kappa shape index (κ1) is 6.36. The molecule has 0 atom stereocenters. The molecule has 0 saturated heterocycles. The SMILES string of the molecule is O=C1CSc2nc(Br)nn21. The molecule has 2 heterocycles. The van der Waals surface area contributed by atoms with Crippen LogP contribution in [0.1, 0.15) is 4.79 Å². The van der Waals surface area contributed by atoms with Crippen molar-refractivity contribution in [1.82, 2.24) is 14.8 Å². The predicted octanol–water partition coefficient (Wildman–Crippen LogP) is 0.786. The summed E-state index contributed by atoms with van der Waals surface area (Å²) in [4.78, 5) is 14.8. The van der Waals surface area contributed by atoms with Crippen molar-refractivity contribution in [3.63, 3.8) is 0 Å². The first-order valence-electron chi connectivity index (χ1n) is 2.56. The van der Waals surface area contributed by atoms with Crippen LogP contribution >= 0.6 is 27.7 Å². The van der Waals surface area contributed by atoms with Crippen LogP contribution in [0.5, 0.6) is 0 Å². The van der Waals surface area contributed by atoms with E-state index in [1.807, 2.05) is 0 Å². The summed E-state index contributed by atoms with van der Waals surface area (Å²) in [7, 11) is 0. The van der Waals surface area contributed by atoms with Gasteiger partial charge in [0.05, 0.1) is 5.75 Å². The smallest absolute Gasteiger partial charge is 0.259 e. The molecule has 0 amide bonds. The second-order valence-corrected chi connectivity index (χ2v) is 3.41. The molecular formula is C4H2BrN3OS. The minimum Gasteiger partial charge on any atom is -0.271 e. The van der Waals surface area contributed by atoms with Gasteiger partial charge < -0.3 is 0 Å². The normalized spacial score (nSPS) is 15.9. The summed E-state index contributed by atoms with van der Waals surface area (Å²) in [6, 6.07) is 0. The molecule has 0 spiro atoms. The molecule has 4 nitrogen and oxygen atoms in total. The number of halogens is 1. The van der Waals surface area contributed by atoms with Crippen molar-refractivity contribution in [2.24, 2.45) is 0 Å². The van der Waals surface area contributed by atoms with Crippen LogP contribution in [0.15, 0.2) is 9.89 Å². The summed E-state index contributed by atoms with van der Waals surface area (Å²) in [5, 5.41) is 4.50. The molecule has 1 aromatic heterocycles. The zero-order chi connectivity index (χ0) is 7.14. The maximum Gasteiger partial charge on any atom is 0.259 e. The van der Waals surface area contributed by atoms with E-state index >= 15 is 0 Å². The Bertz CT molecular complexity index is 297. The highest BCUT2D eigenvalue weighted by Crippen LogP contribution is 2.23. The third kappa shape index (κ3) is 0.791. The van der Waals surface area contributed by atoms with Gasteiger partial charge in [-0.3, -0.25) is 4.79 Å². The lowest BCUT2D eigenvalue weighted by Gasteiger charge is -1.83. The standard InChI is InChI=1S/C4H2BrN3OS/c5-3-6-4-8(7-3)2(9)1-10-4/h1H2. The van der Waals surface area contributed by atoms with Crippen LogP contribution in [0.25, 0.3) is 0 Å². The minimum atomic E-state index is -0.00167. The third-order valence-corrected chi connectivity index (χ3v) is 2.36. The molecule has 0 N–H and O–H groups in total. The molecule has 1 aliphatic heterocycles. The number of thioether (sulfide) groups is 1. The highest BCUT2D eigenvalue weighted by Gasteiger charge is 2.22. The number of hydrogen-bond acceptors (Lipinski definition) is 4. The van der Waals surface area contributed by atoms with Gasteiger partial charge in [0.15, 0.2) is 5.16 Å². The van der Waals surface area contributed by atoms with Crippen LogP contribution in [-0.2, 0) is 0 Å². The largest absolute Gasteiger partial charge is 0.271 e. The van der Waals surface area contributed by atoms with Crippen LogP contribution in [0.2, 0.25) is 0 Å². The lowest BCUT2D eigenvalue weighted by molar-refractivity contribution is 0.0923. The number of aromatic nitrogens is 3. The van der Waals surface area contributed by atoms with Gasteiger partial charge >= 0.3 is 0 Å².